The number of nitrogens with one attached hydrogen (secondary N) is 1. The third kappa shape index (κ3) is 4.92. The molecule has 0 bridgehead atoms. The average molecular weight is 527 g/mol. The second-order valence-corrected chi connectivity index (χ2v) is 9.81. The van der Waals surface area contributed by atoms with Gasteiger partial charge in [0.05, 0.1) is 35.4 Å². The maximum Gasteiger partial charge on any atom is 0.335 e. The summed E-state index contributed by atoms with van der Waals surface area (Å²) in [5, 5.41) is 20.0. The lowest BCUT2D eigenvalue weighted by Gasteiger charge is -2.17. The normalized spacial score (nSPS) is 11.9. The minimum Gasteiger partial charge on any atom is -0.478 e. The molecule has 0 saturated carbocycles. The molecule has 40 heavy (non-hydrogen) atoms. The topological polar surface area (TPSA) is 97.1 Å². The van der Waals surface area contributed by atoms with Gasteiger partial charge in [-0.2, -0.15) is 5.10 Å². The van der Waals surface area contributed by atoms with Gasteiger partial charge < -0.3 is 10.4 Å². The number of rotatable bonds is 7. The van der Waals surface area contributed by atoms with Crippen LogP contribution < -0.4 is 5.32 Å². The summed E-state index contributed by atoms with van der Waals surface area (Å²) in [5.41, 5.74) is 5.26. The van der Waals surface area contributed by atoms with E-state index in [0.717, 1.165) is 43.9 Å². The molecule has 2 heterocycles. The average Bonchev–Trinajstić information content (AvgIpc) is 3.39. The molecule has 7 heteroatoms. The molecule has 0 radical (unpaired) electrons. The number of aromatic nitrogens is 3. The Balaban J connectivity index is 1.39. The first-order chi connectivity index (χ1) is 19.5. The van der Waals surface area contributed by atoms with Crippen molar-refractivity contribution >= 4 is 33.6 Å². The molecule has 1 amide bonds. The van der Waals surface area contributed by atoms with E-state index in [1.165, 1.54) is 0 Å². The van der Waals surface area contributed by atoms with Crippen molar-refractivity contribution < 1.29 is 14.7 Å². The molecule has 4 aromatic carbocycles. The molecule has 2 N–H and O–H groups in total. The van der Waals surface area contributed by atoms with Gasteiger partial charge in [-0.3, -0.25) is 14.5 Å². The van der Waals surface area contributed by atoms with Crippen molar-refractivity contribution in [1.82, 2.24) is 20.1 Å². The highest BCUT2D eigenvalue weighted by atomic mass is 16.4. The van der Waals surface area contributed by atoms with Crippen molar-refractivity contribution in [2.24, 2.45) is 0 Å². The molecule has 6 rings (SSSR count). The third-order valence-electron chi connectivity index (χ3n) is 7.13. The Morgan fingerprint density at radius 1 is 0.850 bits per heavy atom. The summed E-state index contributed by atoms with van der Waals surface area (Å²) >= 11 is 0. The number of hydrogen-bond donors (Lipinski definition) is 2. The molecule has 0 aliphatic rings. The van der Waals surface area contributed by atoms with Gasteiger partial charge in [0.2, 0.25) is 0 Å². The first-order valence-corrected chi connectivity index (χ1v) is 13.0. The number of carboxylic acid groups (broad SMARTS) is 1. The molecule has 0 aliphatic carbocycles. The van der Waals surface area contributed by atoms with E-state index < -0.39 is 5.97 Å². The molecule has 196 valence electrons. The van der Waals surface area contributed by atoms with E-state index in [9.17, 15) is 14.7 Å². The fourth-order valence-corrected chi connectivity index (χ4v) is 5.00. The van der Waals surface area contributed by atoms with Crippen LogP contribution in [0.25, 0.3) is 32.8 Å². The standard InChI is InChI=1S/C33H26N4O3/c1-21(23-9-11-26(12-10-23)33(39)40)36-32(38)30-17-27(24-5-3-2-4-6-24)16-29-19-35-37(31(29)30)20-22-7-8-25-13-14-34-18-28(25)15-22/h2-19,21H,20H2,1H3,(H,36,38)(H,39,40)/t21-/m0/s1. The van der Waals surface area contributed by atoms with Crippen LogP contribution >= 0.6 is 0 Å². The van der Waals surface area contributed by atoms with Crippen LogP contribution in [-0.4, -0.2) is 31.7 Å². The first kappa shape index (κ1) is 25.0. The summed E-state index contributed by atoms with van der Waals surface area (Å²) in [7, 11) is 0. The van der Waals surface area contributed by atoms with E-state index in [-0.39, 0.29) is 17.5 Å². The molecular formula is C33H26N4O3. The first-order valence-electron chi connectivity index (χ1n) is 13.0. The Morgan fingerprint density at radius 2 is 1.65 bits per heavy atom. The SMILES string of the molecule is C[C@H](NC(=O)c1cc(-c2ccccc2)cc2cnn(Cc3ccc4ccncc4c3)c12)c1ccc(C(=O)O)cc1. The van der Waals surface area contributed by atoms with Gasteiger partial charge in [0, 0.05) is 23.2 Å². The Morgan fingerprint density at radius 3 is 2.42 bits per heavy atom. The summed E-state index contributed by atoms with van der Waals surface area (Å²) in [6, 6.07) is 28.3. The van der Waals surface area contributed by atoms with E-state index >= 15 is 0 Å². The minimum absolute atomic E-state index is 0.202. The van der Waals surface area contributed by atoms with Gasteiger partial charge in [-0.15, -0.1) is 0 Å². The number of aromatic carboxylic acids is 1. The summed E-state index contributed by atoms with van der Waals surface area (Å²) < 4.78 is 1.86. The number of carbonyl (C=O) groups is 2. The monoisotopic (exact) mass is 526 g/mol. The molecule has 0 fully saturated rings. The van der Waals surface area contributed by atoms with E-state index in [1.807, 2.05) is 60.3 Å². The van der Waals surface area contributed by atoms with Gasteiger partial charge in [-0.1, -0.05) is 54.6 Å². The number of nitrogens with zero attached hydrogens (tertiary/aromatic N) is 3. The van der Waals surface area contributed by atoms with Crippen molar-refractivity contribution in [2.75, 3.05) is 0 Å². The van der Waals surface area contributed by atoms with Crippen LogP contribution in [0.4, 0.5) is 0 Å². The number of benzene rings is 4. The number of carboxylic acids is 1. The van der Waals surface area contributed by atoms with Gasteiger partial charge in [0.15, 0.2) is 0 Å². The summed E-state index contributed by atoms with van der Waals surface area (Å²) in [6.07, 6.45) is 5.42. The van der Waals surface area contributed by atoms with Crippen molar-refractivity contribution in [3.8, 4) is 11.1 Å². The highest BCUT2D eigenvalue weighted by Gasteiger charge is 2.20. The number of hydrogen-bond acceptors (Lipinski definition) is 4. The van der Waals surface area contributed by atoms with Crippen molar-refractivity contribution in [1.29, 1.82) is 0 Å². The van der Waals surface area contributed by atoms with Crippen molar-refractivity contribution in [3.05, 3.63) is 132 Å². The van der Waals surface area contributed by atoms with Gasteiger partial charge in [-0.05, 0) is 71.0 Å². The maximum atomic E-state index is 13.8. The lowest BCUT2D eigenvalue weighted by atomic mass is 9.99. The third-order valence-corrected chi connectivity index (χ3v) is 7.13. The van der Waals surface area contributed by atoms with Crippen LogP contribution in [0.15, 0.2) is 110 Å². The van der Waals surface area contributed by atoms with Crippen LogP contribution in [0.5, 0.6) is 0 Å². The molecule has 0 unspecified atom stereocenters. The molecule has 6 aromatic rings. The fourth-order valence-electron chi connectivity index (χ4n) is 5.00. The van der Waals surface area contributed by atoms with E-state index in [0.29, 0.717) is 12.1 Å². The molecule has 0 aliphatic heterocycles. The van der Waals surface area contributed by atoms with Crippen LogP contribution in [0.2, 0.25) is 0 Å². The number of pyridine rings is 1. The van der Waals surface area contributed by atoms with Gasteiger partial charge in [-0.25, -0.2) is 4.79 Å². The minimum atomic E-state index is -0.987. The Labute approximate surface area is 230 Å². The maximum absolute atomic E-state index is 13.8. The summed E-state index contributed by atoms with van der Waals surface area (Å²) in [6.45, 7) is 2.37. The Bertz CT molecular complexity index is 1860. The van der Waals surface area contributed by atoms with Crippen LogP contribution in [0.1, 0.15) is 44.8 Å². The fraction of sp³-hybridized carbons (Fsp3) is 0.0909. The zero-order valence-corrected chi connectivity index (χ0v) is 21.8. The lowest BCUT2D eigenvalue weighted by Crippen LogP contribution is -2.27. The molecule has 1 atom stereocenters. The highest BCUT2D eigenvalue weighted by molar-refractivity contribution is 6.07. The van der Waals surface area contributed by atoms with Gasteiger partial charge in [0.1, 0.15) is 0 Å². The largest absolute Gasteiger partial charge is 0.478 e. The van der Waals surface area contributed by atoms with Gasteiger partial charge in [0.25, 0.3) is 5.91 Å². The molecule has 2 aromatic heterocycles. The van der Waals surface area contributed by atoms with E-state index in [4.69, 9.17) is 0 Å². The lowest BCUT2D eigenvalue weighted by molar-refractivity contribution is 0.0696. The summed E-state index contributed by atoms with van der Waals surface area (Å²) in [4.78, 5) is 29.3. The molecular weight excluding hydrogens is 500 g/mol. The molecule has 7 nitrogen and oxygen atoms in total. The molecule has 0 spiro atoms. The highest BCUT2D eigenvalue weighted by Crippen LogP contribution is 2.29. The predicted molar refractivity (Wildman–Crippen MR) is 155 cm³/mol. The molecule has 0 saturated heterocycles. The smallest absolute Gasteiger partial charge is 0.335 e. The number of carbonyl (C=O) groups excluding carboxylic acids is 1. The second kappa shape index (κ2) is 10.5. The zero-order chi connectivity index (χ0) is 27.6. The number of amides is 1. The second-order valence-electron chi connectivity index (χ2n) is 9.81. The quantitative estimate of drug-likeness (QED) is 0.248. The zero-order valence-electron chi connectivity index (χ0n) is 21.8. The van der Waals surface area contributed by atoms with E-state index in [1.54, 1.807) is 36.7 Å². The predicted octanol–water partition coefficient (Wildman–Crippen LogP) is 6.49. The van der Waals surface area contributed by atoms with E-state index in [2.05, 4.69) is 39.7 Å². The summed E-state index contributed by atoms with van der Waals surface area (Å²) in [5.74, 6) is -1.22. The Kier molecular flexibility index (Phi) is 6.54. The Hall–Kier alpha value is -5.30. The number of fused-ring (bicyclic) bond motifs is 2. The van der Waals surface area contributed by atoms with Crippen LogP contribution in [0, 0.1) is 0 Å². The van der Waals surface area contributed by atoms with Crippen molar-refractivity contribution in [3.63, 3.8) is 0 Å². The van der Waals surface area contributed by atoms with Gasteiger partial charge >= 0.3 is 5.97 Å². The van der Waals surface area contributed by atoms with Crippen LogP contribution in [-0.2, 0) is 6.54 Å². The van der Waals surface area contributed by atoms with Crippen molar-refractivity contribution in [2.45, 2.75) is 19.5 Å². The van der Waals surface area contributed by atoms with Crippen LogP contribution in [0.3, 0.4) is 0 Å².